The molecular formula is C18H22O4Si. The minimum absolute atomic E-state index is 0.0196. The highest BCUT2D eigenvalue weighted by Crippen LogP contribution is 2.16. The Labute approximate surface area is 138 Å². The Morgan fingerprint density at radius 3 is 2.13 bits per heavy atom. The third kappa shape index (κ3) is 5.32. The van der Waals surface area contributed by atoms with Gasteiger partial charge in [-0.05, 0) is 36.7 Å². The third-order valence-electron chi connectivity index (χ3n) is 3.53. The van der Waals surface area contributed by atoms with Gasteiger partial charge in [0.25, 0.3) is 0 Å². The van der Waals surface area contributed by atoms with E-state index in [1.54, 1.807) is 26.4 Å². The van der Waals surface area contributed by atoms with Gasteiger partial charge in [0.15, 0.2) is 5.78 Å². The molecule has 0 aromatic heterocycles. The van der Waals surface area contributed by atoms with Crippen LogP contribution in [0.1, 0.15) is 22.3 Å². The summed E-state index contributed by atoms with van der Waals surface area (Å²) in [5.41, 5.74) is 1.35. The zero-order valence-corrected chi connectivity index (χ0v) is 14.7. The molecule has 0 aliphatic heterocycles. The number of ketones is 1. The monoisotopic (exact) mass is 330 g/mol. The Kier molecular flexibility index (Phi) is 6.99. The van der Waals surface area contributed by atoms with Crippen LogP contribution in [0.5, 0.6) is 5.75 Å². The van der Waals surface area contributed by atoms with Gasteiger partial charge in [0.05, 0.1) is 6.61 Å². The molecule has 5 heteroatoms. The lowest BCUT2D eigenvalue weighted by Gasteiger charge is -2.11. The van der Waals surface area contributed by atoms with Crippen molar-refractivity contribution < 1.29 is 18.4 Å². The first kappa shape index (κ1) is 17.4. The normalized spacial score (nSPS) is 10.7. The van der Waals surface area contributed by atoms with Gasteiger partial charge in [-0.3, -0.25) is 4.79 Å². The van der Waals surface area contributed by atoms with Gasteiger partial charge >= 0.3 is 9.28 Å². The first-order valence-electron chi connectivity index (χ1n) is 7.63. The van der Waals surface area contributed by atoms with E-state index in [9.17, 15) is 4.79 Å². The molecule has 23 heavy (non-hydrogen) atoms. The molecule has 0 fully saturated rings. The van der Waals surface area contributed by atoms with Crippen LogP contribution in [0.25, 0.3) is 0 Å². The van der Waals surface area contributed by atoms with E-state index in [-0.39, 0.29) is 5.78 Å². The largest absolute Gasteiger partial charge is 0.494 e. The topological polar surface area (TPSA) is 44.8 Å². The Morgan fingerprint density at radius 2 is 1.52 bits per heavy atom. The number of ether oxygens (including phenoxy) is 1. The summed E-state index contributed by atoms with van der Waals surface area (Å²) in [6, 6.07) is 17.4. The first-order chi connectivity index (χ1) is 11.2. The fourth-order valence-corrected chi connectivity index (χ4v) is 3.39. The summed E-state index contributed by atoms with van der Waals surface area (Å²) in [6.07, 6.45) is 0.892. The van der Waals surface area contributed by atoms with Gasteiger partial charge in [0.2, 0.25) is 0 Å². The molecule has 4 nitrogen and oxygen atoms in total. The second-order valence-electron chi connectivity index (χ2n) is 5.11. The SMILES string of the molecule is CO[SiH](CCCOc1ccc(C(=O)c2ccccc2)cc1)OC. The molecule has 2 aromatic carbocycles. The van der Waals surface area contributed by atoms with Crippen molar-refractivity contribution in [1.29, 1.82) is 0 Å². The summed E-state index contributed by atoms with van der Waals surface area (Å²) in [5, 5.41) is 0. The molecule has 2 rings (SSSR count). The van der Waals surface area contributed by atoms with Crippen molar-refractivity contribution in [1.82, 2.24) is 0 Å². The number of hydrogen-bond donors (Lipinski definition) is 0. The van der Waals surface area contributed by atoms with Crippen LogP contribution >= 0.6 is 0 Å². The summed E-state index contributed by atoms with van der Waals surface area (Å²) in [5.74, 6) is 0.786. The van der Waals surface area contributed by atoms with Gasteiger partial charge in [0, 0.05) is 25.3 Å². The smallest absolute Gasteiger partial charge is 0.321 e. The van der Waals surface area contributed by atoms with Crippen molar-refractivity contribution in [3.05, 3.63) is 65.7 Å². The number of hydrogen-bond acceptors (Lipinski definition) is 4. The Bertz CT molecular complexity index is 594. The summed E-state index contributed by atoms with van der Waals surface area (Å²) < 4.78 is 16.2. The second kappa shape index (κ2) is 9.25. The van der Waals surface area contributed by atoms with Gasteiger partial charge in [-0.25, -0.2) is 0 Å². The van der Waals surface area contributed by atoms with Crippen LogP contribution in [-0.4, -0.2) is 35.9 Å². The van der Waals surface area contributed by atoms with Crippen LogP contribution in [-0.2, 0) is 8.85 Å². The Balaban J connectivity index is 1.84. The molecule has 0 heterocycles. The Morgan fingerprint density at radius 1 is 0.913 bits per heavy atom. The van der Waals surface area contributed by atoms with Crippen molar-refractivity contribution in [2.75, 3.05) is 20.8 Å². The standard InChI is InChI=1S/C18H22O4Si/c1-20-23(21-2)14-6-13-22-17-11-9-16(10-12-17)18(19)15-7-4-3-5-8-15/h3-5,7-12,23H,6,13-14H2,1-2H3. The van der Waals surface area contributed by atoms with E-state index < -0.39 is 9.28 Å². The van der Waals surface area contributed by atoms with Crippen LogP contribution in [0.4, 0.5) is 0 Å². The van der Waals surface area contributed by atoms with E-state index in [4.69, 9.17) is 13.6 Å². The fraction of sp³-hybridized carbons (Fsp3) is 0.278. The average Bonchev–Trinajstić information content (AvgIpc) is 2.62. The number of carbonyl (C=O) groups is 1. The van der Waals surface area contributed by atoms with Gasteiger partial charge in [-0.1, -0.05) is 30.3 Å². The molecule has 0 radical (unpaired) electrons. The van der Waals surface area contributed by atoms with E-state index in [0.29, 0.717) is 17.7 Å². The zero-order chi connectivity index (χ0) is 16.5. The molecule has 0 bridgehead atoms. The minimum Gasteiger partial charge on any atom is -0.494 e. The van der Waals surface area contributed by atoms with Crippen molar-refractivity contribution >= 4 is 15.1 Å². The Hall–Kier alpha value is -1.95. The van der Waals surface area contributed by atoms with Crippen LogP contribution < -0.4 is 4.74 Å². The van der Waals surface area contributed by atoms with Crippen molar-refractivity contribution in [3.8, 4) is 5.75 Å². The highest BCUT2D eigenvalue weighted by atomic mass is 28.3. The molecule has 0 spiro atoms. The van der Waals surface area contributed by atoms with Crippen molar-refractivity contribution in [2.24, 2.45) is 0 Å². The summed E-state index contributed by atoms with van der Waals surface area (Å²) in [4.78, 5) is 12.3. The molecule has 0 saturated carbocycles. The van der Waals surface area contributed by atoms with Gasteiger partial charge in [-0.2, -0.15) is 0 Å². The van der Waals surface area contributed by atoms with Crippen LogP contribution in [0.3, 0.4) is 0 Å². The average molecular weight is 330 g/mol. The number of benzene rings is 2. The summed E-state index contributed by atoms with van der Waals surface area (Å²) in [6.45, 7) is 0.613. The lowest BCUT2D eigenvalue weighted by Crippen LogP contribution is -2.19. The summed E-state index contributed by atoms with van der Waals surface area (Å²) in [7, 11) is 1.87. The van der Waals surface area contributed by atoms with E-state index >= 15 is 0 Å². The number of rotatable bonds is 9. The highest BCUT2D eigenvalue weighted by Gasteiger charge is 2.10. The lowest BCUT2D eigenvalue weighted by atomic mass is 10.0. The van der Waals surface area contributed by atoms with Gasteiger partial charge in [0.1, 0.15) is 5.75 Å². The molecule has 0 amide bonds. The molecular weight excluding hydrogens is 308 g/mol. The van der Waals surface area contributed by atoms with Crippen molar-refractivity contribution in [2.45, 2.75) is 12.5 Å². The summed E-state index contributed by atoms with van der Waals surface area (Å²) >= 11 is 0. The molecule has 2 aromatic rings. The van der Waals surface area contributed by atoms with Gasteiger partial charge in [-0.15, -0.1) is 0 Å². The van der Waals surface area contributed by atoms with E-state index in [2.05, 4.69) is 0 Å². The van der Waals surface area contributed by atoms with Crippen LogP contribution in [0.15, 0.2) is 54.6 Å². The maximum atomic E-state index is 12.3. The molecule has 0 aliphatic rings. The predicted molar refractivity (Wildman–Crippen MR) is 92.4 cm³/mol. The maximum Gasteiger partial charge on any atom is 0.321 e. The molecule has 122 valence electrons. The molecule has 0 N–H and O–H groups in total. The lowest BCUT2D eigenvalue weighted by molar-refractivity contribution is 0.103. The zero-order valence-electron chi connectivity index (χ0n) is 13.5. The quantitative estimate of drug-likeness (QED) is 0.402. The van der Waals surface area contributed by atoms with Crippen LogP contribution in [0, 0.1) is 0 Å². The molecule has 0 saturated heterocycles. The van der Waals surface area contributed by atoms with Gasteiger partial charge < -0.3 is 13.6 Å². The third-order valence-corrected chi connectivity index (χ3v) is 5.46. The maximum absolute atomic E-state index is 12.3. The minimum atomic E-state index is -1.50. The van der Waals surface area contributed by atoms with E-state index in [1.165, 1.54) is 0 Å². The molecule has 0 unspecified atom stereocenters. The molecule has 0 aliphatic carbocycles. The molecule has 0 atom stereocenters. The van der Waals surface area contributed by atoms with E-state index in [1.807, 2.05) is 42.5 Å². The van der Waals surface area contributed by atoms with E-state index in [0.717, 1.165) is 18.2 Å². The predicted octanol–water partition coefficient (Wildman–Crippen LogP) is 3.20. The highest BCUT2D eigenvalue weighted by molar-refractivity contribution is 6.44. The van der Waals surface area contributed by atoms with Crippen LogP contribution in [0.2, 0.25) is 6.04 Å². The number of carbonyl (C=O) groups excluding carboxylic acids is 1. The fourth-order valence-electron chi connectivity index (χ4n) is 2.23. The first-order valence-corrected chi connectivity index (χ1v) is 9.38. The second-order valence-corrected chi connectivity index (χ2v) is 7.49. The van der Waals surface area contributed by atoms with Crippen molar-refractivity contribution in [3.63, 3.8) is 0 Å².